The summed E-state index contributed by atoms with van der Waals surface area (Å²) in [6.45, 7) is 1.64. The third-order valence-corrected chi connectivity index (χ3v) is 7.25. The quantitative estimate of drug-likeness (QED) is 0.390. The summed E-state index contributed by atoms with van der Waals surface area (Å²) >= 11 is 5.89. The zero-order chi connectivity index (χ0) is 27.1. The monoisotopic (exact) mass is 545 g/mol. The van der Waals surface area contributed by atoms with Crippen LogP contribution in [0.2, 0.25) is 5.15 Å². The number of pyridine rings is 1. The summed E-state index contributed by atoms with van der Waals surface area (Å²) in [5.74, 6) is -1.05. The molecule has 1 spiro atoms. The molecule has 1 aromatic heterocycles. The Bertz CT molecular complexity index is 1360. The number of aromatic carboxylic acids is 1. The van der Waals surface area contributed by atoms with Gasteiger partial charge in [-0.15, -0.1) is 0 Å². The maximum absolute atomic E-state index is 13.5. The highest BCUT2D eigenvalue weighted by Gasteiger charge is 2.47. The molecule has 0 unspecified atom stereocenters. The number of rotatable bonds is 5. The average Bonchev–Trinajstić information content (AvgIpc) is 3.21. The van der Waals surface area contributed by atoms with E-state index in [1.165, 1.54) is 35.4 Å². The lowest BCUT2D eigenvalue weighted by Gasteiger charge is -2.37. The molecule has 2 saturated heterocycles. The smallest absolute Gasteiger partial charge is 0.416 e. The SMILES string of the molecule is O=C(O)c1ccc(N2CC3(CCN(Cc4cc(C(F)(F)F)ccc4-c4ccc(Cl)nc4)CC3)OC2=O)cc1. The zero-order valence-electron chi connectivity index (χ0n) is 20.0. The van der Waals surface area contributed by atoms with Crippen LogP contribution in [0.15, 0.2) is 60.8 Å². The number of amides is 1. The van der Waals surface area contributed by atoms with Gasteiger partial charge in [-0.2, -0.15) is 13.2 Å². The number of alkyl halides is 3. The van der Waals surface area contributed by atoms with E-state index in [4.69, 9.17) is 21.4 Å². The van der Waals surface area contributed by atoms with Crippen molar-refractivity contribution < 1.29 is 32.6 Å². The minimum Gasteiger partial charge on any atom is -0.478 e. The molecule has 0 saturated carbocycles. The lowest BCUT2D eigenvalue weighted by molar-refractivity contribution is -0.137. The maximum atomic E-state index is 13.5. The molecule has 0 bridgehead atoms. The first-order valence-corrected chi connectivity index (χ1v) is 12.3. The van der Waals surface area contributed by atoms with E-state index >= 15 is 0 Å². The van der Waals surface area contributed by atoms with E-state index in [1.54, 1.807) is 24.3 Å². The molecule has 3 aromatic rings. The molecule has 1 amide bonds. The Morgan fingerprint density at radius 1 is 1.08 bits per heavy atom. The Balaban J connectivity index is 1.31. The molecule has 5 rings (SSSR count). The van der Waals surface area contributed by atoms with Gasteiger partial charge in [-0.3, -0.25) is 9.80 Å². The van der Waals surface area contributed by atoms with E-state index in [-0.39, 0.29) is 12.1 Å². The minimum absolute atomic E-state index is 0.118. The fraction of sp³-hybridized carbons (Fsp3) is 0.296. The second-order valence-corrected chi connectivity index (χ2v) is 9.89. The highest BCUT2D eigenvalue weighted by atomic mass is 35.5. The number of likely N-dealkylation sites (tertiary alicyclic amines) is 1. The van der Waals surface area contributed by atoms with Gasteiger partial charge in [0.05, 0.1) is 17.7 Å². The van der Waals surface area contributed by atoms with E-state index in [1.807, 2.05) is 4.90 Å². The molecule has 2 fully saturated rings. The second kappa shape index (κ2) is 9.92. The van der Waals surface area contributed by atoms with Gasteiger partial charge in [0.25, 0.3) is 0 Å². The molecule has 3 heterocycles. The molecule has 2 aliphatic rings. The van der Waals surface area contributed by atoms with Crippen LogP contribution < -0.4 is 4.90 Å². The molecule has 0 aliphatic carbocycles. The Morgan fingerprint density at radius 3 is 2.39 bits per heavy atom. The fourth-order valence-corrected chi connectivity index (χ4v) is 5.06. The van der Waals surface area contributed by atoms with Crippen molar-refractivity contribution >= 4 is 29.4 Å². The predicted octanol–water partition coefficient (Wildman–Crippen LogP) is 6.11. The number of benzene rings is 2. The van der Waals surface area contributed by atoms with Crippen molar-refractivity contribution in [3.8, 4) is 11.1 Å². The summed E-state index contributed by atoms with van der Waals surface area (Å²) in [5, 5.41) is 9.39. The highest BCUT2D eigenvalue weighted by Crippen LogP contribution is 2.38. The molecular weight excluding hydrogens is 523 g/mol. The zero-order valence-corrected chi connectivity index (χ0v) is 20.8. The van der Waals surface area contributed by atoms with Gasteiger partial charge in [0.1, 0.15) is 10.8 Å². The van der Waals surface area contributed by atoms with Crippen LogP contribution in [-0.2, 0) is 17.5 Å². The second-order valence-electron chi connectivity index (χ2n) is 9.50. The number of carbonyl (C=O) groups excluding carboxylic acids is 1. The Kier molecular flexibility index (Phi) is 6.79. The van der Waals surface area contributed by atoms with Crippen molar-refractivity contribution in [1.82, 2.24) is 9.88 Å². The number of aromatic nitrogens is 1. The average molecular weight is 546 g/mol. The van der Waals surface area contributed by atoms with Crippen molar-refractivity contribution in [2.24, 2.45) is 0 Å². The van der Waals surface area contributed by atoms with Gasteiger partial charge in [0.15, 0.2) is 0 Å². The first-order valence-electron chi connectivity index (χ1n) is 11.9. The van der Waals surface area contributed by atoms with E-state index in [0.717, 1.165) is 6.07 Å². The molecule has 2 aromatic carbocycles. The van der Waals surface area contributed by atoms with Crippen molar-refractivity contribution in [1.29, 1.82) is 0 Å². The van der Waals surface area contributed by atoms with Crippen molar-refractivity contribution in [3.05, 3.63) is 82.6 Å². The number of carbonyl (C=O) groups is 2. The van der Waals surface area contributed by atoms with Crippen LogP contribution >= 0.6 is 11.6 Å². The van der Waals surface area contributed by atoms with Gasteiger partial charge in [0.2, 0.25) is 0 Å². The van der Waals surface area contributed by atoms with Crippen molar-refractivity contribution in [2.45, 2.75) is 31.2 Å². The molecule has 2 aliphatic heterocycles. The van der Waals surface area contributed by atoms with Crippen LogP contribution in [0.3, 0.4) is 0 Å². The van der Waals surface area contributed by atoms with E-state index in [2.05, 4.69) is 4.98 Å². The molecule has 11 heteroatoms. The van der Waals surface area contributed by atoms with Gasteiger partial charge < -0.3 is 9.84 Å². The number of piperidine rings is 1. The maximum Gasteiger partial charge on any atom is 0.416 e. The molecule has 38 heavy (non-hydrogen) atoms. The third-order valence-electron chi connectivity index (χ3n) is 7.03. The normalized spacial score (nSPS) is 17.6. The Labute approximate surface area is 221 Å². The summed E-state index contributed by atoms with van der Waals surface area (Å²) in [6.07, 6.45) is -2.41. The number of ether oxygens (including phenoxy) is 1. The molecule has 0 radical (unpaired) electrons. The van der Waals surface area contributed by atoms with Crippen molar-refractivity contribution in [2.75, 3.05) is 24.5 Å². The Morgan fingerprint density at radius 2 is 1.79 bits per heavy atom. The first-order chi connectivity index (χ1) is 18.0. The summed E-state index contributed by atoms with van der Waals surface area (Å²) in [5.41, 5.74) is 1.06. The summed E-state index contributed by atoms with van der Waals surface area (Å²) < 4.78 is 46.2. The van der Waals surface area contributed by atoms with Crippen LogP contribution in [0, 0.1) is 0 Å². The summed E-state index contributed by atoms with van der Waals surface area (Å²) in [7, 11) is 0. The highest BCUT2D eigenvalue weighted by molar-refractivity contribution is 6.29. The molecule has 0 atom stereocenters. The fourth-order valence-electron chi connectivity index (χ4n) is 4.94. The number of carboxylic acid groups (broad SMARTS) is 1. The van der Waals surface area contributed by atoms with Gasteiger partial charge in [-0.25, -0.2) is 14.6 Å². The summed E-state index contributed by atoms with van der Waals surface area (Å²) in [6, 6.07) is 13.0. The van der Waals surface area contributed by atoms with Crippen LogP contribution in [0.4, 0.5) is 23.7 Å². The largest absolute Gasteiger partial charge is 0.478 e. The Hall–Kier alpha value is -3.63. The van der Waals surface area contributed by atoms with E-state index in [9.17, 15) is 22.8 Å². The van der Waals surface area contributed by atoms with Crippen LogP contribution in [-0.4, -0.2) is 52.3 Å². The topological polar surface area (TPSA) is 83.0 Å². The van der Waals surface area contributed by atoms with E-state index in [0.29, 0.717) is 60.0 Å². The van der Waals surface area contributed by atoms with Crippen LogP contribution in [0.1, 0.15) is 34.3 Å². The predicted molar refractivity (Wildman–Crippen MR) is 134 cm³/mol. The van der Waals surface area contributed by atoms with Crippen LogP contribution in [0.5, 0.6) is 0 Å². The first kappa shape index (κ1) is 26.0. The number of nitrogens with zero attached hydrogens (tertiary/aromatic N) is 3. The van der Waals surface area contributed by atoms with Gasteiger partial charge in [-0.1, -0.05) is 17.7 Å². The third kappa shape index (κ3) is 5.32. The van der Waals surface area contributed by atoms with Crippen LogP contribution in [0.25, 0.3) is 11.1 Å². The van der Waals surface area contributed by atoms with E-state index < -0.39 is 29.4 Å². The molecule has 198 valence electrons. The minimum atomic E-state index is -4.47. The molecule has 7 nitrogen and oxygen atoms in total. The van der Waals surface area contributed by atoms with Gasteiger partial charge >= 0.3 is 18.2 Å². The lowest BCUT2D eigenvalue weighted by Crippen LogP contribution is -2.46. The number of hydrogen-bond acceptors (Lipinski definition) is 5. The molecular formula is C27H23ClF3N3O4. The standard InChI is InChI=1S/C27H23ClF3N3O4/c28-23-8-3-18(14-32-23)22-7-4-20(27(29,30)31)13-19(22)15-33-11-9-26(10-12-33)16-34(25(37)38-26)21-5-1-17(2-6-21)24(35)36/h1-8,13-14H,9-12,15-16H2,(H,35,36). The van der Waals surface area contributed by atoms with Gasteiger partial charge in [-0.05, 0) is 59.7 Å². The van der Waals surface area contributed by atoms with Gasteiger partial charge in [0, 0.05) is 49.9 Å². The number of hydrogen-bond donors (Lipinski definition) is 1. The summed E-state index contributed by atoms with van der Waals surface area (Å²) in [4.78, 5) is 31.4. The van der Waals surface area contributed by atoms with Crippen molar-refractivity contribution in [3.63, 3.8) is 0 Å². The number of halogens is 4. The number of carboxylic acids is 1. The lowest BCUT2D eigenvalue weighted by atomic mass is 9.90. The number of anilines is 1. The molecule has 1 N–H and O–H groups in total.